The summed E-state index contributed by atoms with van der Waals surface area (Å²) in [5.41, 5.74) is -0.485. The van der Waals surface area contributed by atoms with Gasteiger partial charge in [0.05, 0.1) is 5.56 Å². The van der Waals surface area contributed by atoms with Gasteiger partial charge in [0.15, 0.2) is 0 Å². The van der Waals surface area contributed by atoms with Crippen LogP contribution in [0, 0.1) is 5.82 Å². The van der Waals surface area contributed by atoms with E-state index < -0.39 is 35.8 Å². The molecule has 18 heavy (non-hydrogen) atoms. The fourth-order valence-corrected chi connectivity index (χ4v) is 1.39. The van der Waals surface area contributed by atoms with E-state index >= 15 is 0 Å². The minimum atomic E-state index is -4.55. The highest BCUT2D eigenvalue weighted by Crippen LogP contribution is 2.22. The van der Waals surface area contributed by atoms with Gasteiger partial charge in [0, 0.05) is 6.54 Å². The van der Waals surface area contributed by atoms with Crippen LogP contribution in [0.4, 0.5) is 17.6 Å². The van der Waals surface area contributed by atoms with Crippen LogP contribution in [0.2, 0.25) is 0 Å². The number of benzene rings is 1. The molecule has 0 aliphatic heterocycles. The predicted octanol–water partition coefficient (Wildman–Crippen LogP) is 2.56. The van der Waals surface area contributed by atoms with Crippen molar-refractivity contribution in [3.8, 4) is 5.75 Å². The molecule has 0 unspecified atom stereocenters. The van der Waals surface area contributed by atoms with Crippen LogP contribution in [0.1, 0.15) is 17.3 Å². The van der Waals surface area contributed by atoms with Crippen molar-refractivity contribution in [1.82, 2.24) is 4.90 Å². The molecular formula is C11H11F4NO2. The summed E-state index contributed by atoms with van der Waals surface area (Å²) in [4.78, 5) is 12.2. The number of carbonyl (C=O) groups excluding carboxylic acids is 1. The van der Waals surface area contributed by atoms with Crippen molar-refractivity contribution in [2.45, 2.75) is 13.1 Å². The van der Waals surface area contributed by atoms with Crippen molar-refractivity contribution in [1.29, 1.82) is 0 Å². The minimum Gasteiger partial charge on any atom is -0.507 e. The van der Waals surface area contributed by atoms with E-state index in [0.29, 0.717) is 11.0 Å². The van der Waals surface area contributed by atoms with Crippen LogP contribution in [0.3, 0.4) is 0 Å². The highest BCUT2D eigenvalue weighted by molar-refractivity contribution is 5.96. The molecule has 0 heterocycles. The summed E-state index contributed by atoms with van der Waals surface area (Å²) in [6.45, 7) is -0.285. The maximum Gasteiger partial charge on any atom is 0.406 e. The summed E-state index contributed by atoms with van der Waals surface area (Å²) in [7, 11) is 0. The smallest absolute Gasteiger partial charge is 0.406 e. The van der Waals surface area contributed by atoms with E-state index in [1.807, 2.05) is 0 Å². The second kappa shape index (κ2) is 5.24. The molecular weight excluding hydrogens is 254 g/mol. The molecule has 1 aromatic rings. The van der Waals surface area contributed by atoms with Gasteiger partial charge in [-0.25, -0.2) is 4.39 Å². The molecule has 1 N–H and O–H groups in total. The van der Waals surface area contributed by atoms with Gasteiger partial charge >= 0.3 is 6.18 Å². The van der Waals surface area contributed by atoms with Gasteiger partial charge in [0.1, 0.15) is 18.1 Å². The predicted molar refractivity (Wildman–Crippen MR) is 55.7 cm³/mol. The molecule has 0 saturated heterocycles. The Bertz CT molecular complexity index is 445. The summed E-state index contributed by atoms with van der Waals surface area (Å²) in [5.74, 6) is -2.42. The number of phenols is 1. The summed E-state index contributed by atoms with van der Waals surface area (Å²) in [5, 5.41) is 9.35. The van der Waals surface area contributed by atoms with E-state index in [1.54, 1.807) is 0 Å². The zero-order valence-corrected chi connectivity index (χ0v) is 9.46. The molecule has 100 valence electrons. The lowest BCUT2D eigenvalue weighted by atomic mass is 10.1. The molecule has 0 radical (unpaired) electrons. The van der Waals surface area contributed by atoms with Gasteiger partial charge < -0.3 is 10.0 Å². The highest BCUT2D eigenvalue weighted by Gasteiger charge is 2.33. The van der Waals surface area contributed by atoms with Gasteiger partial charge in [0.2, 0.25) is 0 Å². The van der Waals surface area contributed by atoms with Crippen molar-refractivity contribution >= 4 is 5.91 Å². The van der Waals surface area contributed by atoms with Crippen LogP contribution in [-0.4, -0.2) is 35.2 Å². The van der Waals surface area contributed by atoms with Gasteiger partial charge in [-0.15, -0.1) is 0 Å². The Morgan fingerprint density at radius 1 is 1.39 bits per heavy atom. The normalized spacial score (nSPS) is 11.4. The number of aromatic hydroxyl groups is 1. The molecule has 1 amide bonds. The lowest BCUT2D eigenvalue weighted by Crippen LogP contribution is -2.38. The fraction of sp³-hybridized carbons (Fsp3) is 0.364. The standard InChI is InChI=1S/C11H11F4NO2/c1-2-16(6-11(13,14)15)10(18)8-5-7(12)3-4-9(8)17/h3-5,17H,2,6H2,1H3. The Morgan fingerprint density at radius 3 is 2.50 bits per heavy atom. The second-order valence-corrected chi connectivity index (χ2v) is 3.60. The Labute approximate surface area is 101 Å². The van der Waals surface area contributed by atoms with Gasteiger partial charge in [-0.2, -0.15) is 13.2 Å². The molecule has 0 saturated carbocycles. The van der Waals surface area contributed by atoms with Gasteiger partial charge in [0.25, 0.3) is 5.91 Å². The molecule has 0 aromatic heterocycles. The minimum absolute atomic E-state index is 0.200. The SMILES string of the molecule is CCN(CC(F)(F)F)C(=O)c1cc(F)ccc1O. The van der Waals surface area contributed by atoms with Crippen molar-refractivity contribution in [3.05, 3.63) is 29.6 Å². The summed E-state index contributed by atoms with van der Waals surface area (Å²) in [6.07, 6.45) is -4.55. The van der Waals surface area contributed by atoms with Crippen LogP contribution in [0.15, 0.2) is 18.2 Å². The van der Waals surface area contributed by atoms with Crippen molar-refractivity contribution in [2.75, 3.05) is 13.1 Å². The second-order valence-electron chi connectivity index (χ2n) is 3.60. The van der Waals surface area contributed by atoms with E-state index in [4.69, 9.17) is 0 Å². The van der Waals surface area contributed by atoms with Gasteiger partial charge in [-0.3, -0.25) is 4.79 Å². The number of phenolic OH excluding ortho intramolecular Hbond substituents is 1. The van der Waals surface area contributed by atoms with Gasteiger partial charge in [-0.1, -0.05) is 0 Å². The molecule has 0 fully saturated rings. The van der Waals surface area contributed by atoms with E-state index in [9.17, 15) is 27.5 Å². The Balaban J connectivity index is 3.00. The molecule has 0 bridgehead atoms. The first-order chi connectivity index (χ1) is 8.24. The fourth-order valence-electron chi connectivity index (χ4n) is 1.39. The molecule has 0 atom stereocenters. The quantitative estimate of drug-likeness (QED) is 0.853. The molecule has 1 aromatic carbocycles. The Hall–Kier alpha value is -1.79. The van der Waals surface area contributed by atoms with E-state index in [2.05, 4.69) is 0 Å². The third-order valence-corrected chi connectivity index (χ3v) is 2.23. The summed E-state index contributed by atoms with van der Waals surface area (Å²) >= 11 is 0. The zero-order valence-electron chi connectivity index (χ0n) is 9.46. The summed E-state index contributed by atoms with van der Waals surface area (Å²) < 4.78 is 49.6. The van der Waals surface area contributed by atoms with E-state index in [-0.39, 0.29) is 6.54 Å². The van der Waals surface area contributed by atoms with Crippen LogP contribution in [0.5, 0.6) is 5.75 Å². The first-order valence-corrected chi connectivity index (χ1v) is 5.09. The monoisotopic (exact) mass is 265 g/mol. The zero-order chi connectivity index (χ0) is 13.9. The number of carbonyl (C=O) groups is 1. The number of amides is 1. The first kappa shape index (κ1) is 14.3. The number of halogens is 4. The van der Waals surface area contributed by atoms with Crippen LogP contribution in [-0.2, 0) is 0 Å². The van der Waals surface area contributed by atoms with Crippen molar-refractivity contribution in [2.24, 2.45) is 0 Å². The molecule has 0 aliphatic carbocycles. The number of alkyl halides is 3. The molecule has 0 aliphatic rings. The average Bonchev–Trinajstić information content (AvgIpc) is 2.27. The third-order valence-electron chi connectivity index (χ3n) is 2.23. The van der Waals surface area contributed by atoms with Crippen LogP contribution >= 0.6 is 0 Å². The van der Waals surface area contributed by atoms with E-state index in [1.165, 1.54) is 6.92 Å². The third kappa shape index (κ3) is 3.61. The molecule has 3 nitrogen and oxygen atoms in total. The average molecular weight is 265 g/mol. The highest BCUT2D eigenvalue weighted by atomic mass is 19.4. The largest absolute Gasteiger partial charge is 0.507 e. The van der Waals surface area contributed by atoms with Crippen molar-refractivity contribution in [3.63, 3.8) is 0 Å². The summed E-state index contributed by atoms with van der Waals surface area (Å²) in [6, 6.07) is 2.53. The van der Waals surface area contributed by atoms with Crippen LogP contribution in [0.25, 0.3) is 0 Å². The molecule has 0 spiro atoms. The van der Waals surface area contributed by atoms with E-state index in [0.717, 1.165) is 12.1 Å². The van der Waals surface area contributed by atoms with Gasteiger partial charge in [-0.05, 0) is 25.1 Å². The topological polar surface area (TPSA) is 40.5 Å². The Morgan fingerprint density at radius 2 is 2.00 bits per heavy atom. The lowest BCUT2D eigenvalue weighted by molar-refractivity contribution is -0.140. The maximum atomic E-state index is 12.9. The van der Waals surface area contributed by atoms with Crippen LogP contribution < -0.4 is 0 Å². The van der Waals surface area contributed by atoms with Crippen molar-refractivity contribution < 1.29 is 27.5 Å². The lowest BCUT2D eigenvalue weighted by Gasteiger charge is -2.22. The Kier molecular flexibility index (Phi) is 4.15. The first-order valence-electron chi connectivity index (χ1n) is 5.09. The number of rotatable bonds is 3. The number of hydrogen-bond acceptors (Lipinski definition) is 2. The maximum absolute atomic E-state index is 12.9. The molecule has 1 rings (SSSR count). The number of hydrogen-bond donors (Lipinski definition) is 1. The molecule has 7 heteroatoms. The number of nitrogens with zero attached hydrogens (tertiary/aromatic N) is 1.